The van der Waals surface area contributed by atoms with Crippen LogP contribution >= 0.6 is 0 Å². The van der Waals surface area contributed by atoms with Crippen LogP contribution in [0.1, 0.15) is 43.9 Å². The van der Waals surface area contributed by atoms with Crippen LogP contribution in [-0.4, -0.2) is 40.8 Å². The fourth-order valence-electron chi connectivity index (χ4n) is 3.51. The van der Waals surface area contributed by atoms with E-state index in [0.29, 0.717) is 30.0 Å². The van der Waals surface area contributed by atoms with Gasteiger partial charge in [-0.2, -0.15) is 0 Å². The molecule has 0 saturated heterocycles. The Morgan fingerprint density at radius 1 is 1.00 bits per heavy atom. The Balaban J connectivity index is 2.35. The molecule has 0 aromatic heterocycles. The molecule has 8 heteroatoms. The highest BCUT2D eigenvalue weighted by atomic mass is 32.2. The molecular weight excluding hydrogens is 416 g/mol. The molecule has 0 heterocycles. The van der Waals surface area contributed by atoms with E-state index in [9.17, 15) is 13.2 Å². The zero-order chi connectivity index (χ0) is 23.2. The van der Waals surface area contributed by atoms with Gasteiger partial charge in [-0.1, -0.05) is 37.6 Å². The van der Waals surface area contributed by atoms with E-state index < -0.39 is 16.1 Å². The molecule has 2 rings (SSSR count). The Kier molecular flexibility index (Phi) is 8.33. The standard InChI is InChI=1S/C23H32N2O5S/c1-7-19(17-11-14-21(29-4)22(15-17)30-5)24-23(26)20(8-2)25(31(6,27)28)18-12-9-16(3)10-13-18/h9-15,19-20H,7-8H2,1-6H3,(H,24,26)/t19-,20+/m0/s1. The van der Waals surface area contributed by atoms with E-state index >= 15 is 0 Å². The van der Waals surface area contributed by atoms with Crippen LogP contribution in [-0.2, 0) is 14.8 Å². The van der Waals surface area contributed by atoms with Crippen molar-refractivity contribution in [3.8, 4) is 11.5 Å². The maximum absolute atomic E-state index is 13.2. The van der Waals surface area contributed by atoms with Crippen LogP contribution < -0.4 is 19.1 Å². The summed E-state index contributed by atoms with van der Waals surface area (Å²) in [5.74, 6) is 0.814. The second kappa shape index (κ2) is 10.5. The molecule has 2 aromatic rings. The molecular formula is C23H32N2O5S. The van der Waals surface area contributed by atoms with Crippen LogP contribution in [0.4, 0.5) is 5.69 Å². The van der Waals surface area contributed by atoms with E-state index in [2.05, 4.69) is 5.32 Å². The van der Waals surface area contributed by atoms with Crippen LogP contribution in [0.2, 0.25) is 0 Å². The predicted molar refractivity (Wildman–Crippen MR) is 123 cm³/mol. The molecule has 0 fully saturated rings. The second-order valence-electron chi connectivity index (χ2n) is 7.40. The molecule has 0 bridgehead atoms. The number of rotatable bonds is 10. The zero-order valence-electron chi connectivity index (χ0n) is 19.0. The van der Waals surface area contributed by atoms with Crippen molar-refractivity contribution in [1.29, 1.82) is 0 Å². The Bertz CT molecular complexity index is 990. The van der Waals surface area contributed by atoms with Crippen molar-refractivity contribution in [2.75, 3.05) is 24.8 Å². The van der Waals surface area contributed by atoms with Crippen molar-refractivity contribution in [2.24, 2.45) is 0 Å². The van der Waals surface area contributed by atoms with E-state index in [1.54, 1.807) is 39.3 Å². The van der Waals surface area contributed by atoms with Gasteiger partial charge in [-0.3, -0.25) is 9.10 Å². The molecule has 0 aliphatic rings. The van der Waals surface area contributed by atoms with Gasteiger partial charge in [0.15, 0.2) is 11.5 Å². The fraction of sp³-hybridized carbons (Fsp3) is 0.435. The summed E-state index contributed by atoms with van der Waals surface area (Å²) < 4.78 is 37.1. The first-order chi connectivity index (χ1) is 14.7. The van der Waals surface area contributed by atoms with Gasteiger partial charge in [0.25, 0.3) is 0 Å². The summed E-state index contributed by atoms with van der Waals surface area (Å²) in [5.41, 5.74) is 2.33. The number of nitrogens with zero attached hydrogens (tertiary/aromatic N) is 1. The lowest BCUT2D eigenvalue weighted by molar-refractivity contribution is -0.123. The Morgan fingerprint density at radius 2 is 1.61 bits per heavy atom. The number of hydrogen-bond acceptors (Lipinski definition) is 5. The summed E-state index contributed by atoms with van der Waals surface area (Å²) in [5, 5.41) is 3.02. The molecule has 0 radical (unpaired) electrons. The smallest absolute Gasteiger partial charge is 0.244 e. The van der Waals surface area contributed by atoms with Crippen molar-refractivity contribution < 1.29 is 22.7 Å². The normalized spacial score (nSPS) is 13.2. The molecule has 2 aromatic carbocycles. The van der Waals surface area contributed by atoms with Gasteiger partial charge in [0.2, 0.25) is 15.9 Å². The van der Waals surface area contributed by atoms with Gasteiger partial charge >= 0.3 is 0 Å². The number of amides is 1. The van der Waals surface area contributed by atoms with Crippen molar-refractivity contribution in [3.05, 3.63) is 53.6 Å². The maximum Gasteiger partial charge on any atom is 0.244 e. The molecule has 0 saturated carbocycles. The quantitative estimate of drug-likeness (QED) is 0.597. The number of ether oxygens (including phenoxy) is 2. The lowest BCUT2D eigenvalue weighted by Crippen LogP contribution is -2.50. The van der Waals surface area contributed by atoms with Crippen LogP contribution in [0.3, 0.4) is 0 Å². The van der Waals surface area contributed by atoms with E-state index in [1.165, 1.54) is 4.31 Å². The predicted octanol–water partition coefficient (Wildman–Crippen LogP) is 3.82. The first-order valence-corrected chi connectivity index (χ1v) is 12.1. The summed E-state index contributed by atoms with van der Waals surface area (Å²) in [4.78, 5) is 13.2. The first-order valence-electron chi connectivity index (χ1n) is 10.2. The minimum Gasteiger partial charge on any atom is -0.493 e. The first kappa shape index (κ1) is 24.5. The van der Waals surface area contributed by atoms with E-state index in [-0.39, 0.29) is 11.9 Å². The maximum atomic E-state index is 13.2. The number of sulfonamides is 1. The van der Waals surface area contributed by atoms with Crippen molar-refractivity contribution >= 4 is 21.6 Å². The number of methoxy groups -OCH3 is 2. The van der Waals surface area contributed by atoms with E-state index in [0.717, 1.165) is 17.4 Å². The number of benzene rings is 2. The van der Waals surface area contributed by atoms with Gasteiger partial charge in [-0.15, -0.1) is 0 Å². The number of aryl methyl sites for hydroxylation is 1. The fourth-order valence-corrected chi connectivity index (χ4v) is 4.72. The van der Waals surface area contributed by atoms with Gasteiger partial charge in [0.1, 0.15) is 6.04 Å². The number of anilines is 1. The Labute approximate surface area is 185 Å². The van der Waals surface area contributed by atoms with Crippen molar-refractivity contribution in [3.63, 3.8) is 0 Å². The second-order valence-corrected chi connectivity index (χ2v) is 9.26. The highest BCUT2D eigenvalue weighted by molar-refractivity contribution is 7.92. The van der Waals surface area contributed by atoms with Gasteiger partial charge < -0.3 is 14.8 Å². The van der Waals surface area contributed by atoms with E-state index in [1.807, 2.05) is 38.1 Å². The Hall–Kier alpha value is -2.74. The highest BCUT2D eigenvalue weighted by Crippen LogP contribution is 2.31. The van der Waals surface area contributed by atoms with Crippen LogP contribution in [0.25, 0.3) is 0 Å². The third kappa shape index (κ3) is 5.91. The van der Waals surface area contributed by atoms with Gasteiger partial charge in [-0.25, -0.2) is 8.42 Å². The number of hydrogen-bond donors (Lipinski definition) is 1. The largest absolute Gasteiger partial charge is 0.493 e. The molecule has 1 N–H and O–H groups in total. The minimum absolute atomic E-state index is 0.305. The molecule has 0 aliphatic heterocycles. The summed E-state index contributed by atoms with van der Waals surface area (Å²) >= 11 is 0. The van der Waals surface area contributed by atoms with Crippen molar-refractivity contribution in [1.82, 2.24) is 5.32 Å². The minimum atomic E-state index is -3.68. The molecule has 0 unspecified atom stereocenters. The molecule has 31 heavy (non-hydrogen) atoms. The van der Waals surface area contributed by atoms with Crippen LogP contribution in [0.15, 0.2) is 42.5 Å². The monoisotopic (exact) mass is 448 g/mol. The van der Waals surface area contributed by atoms with Gasteiger partial charge in [-0.05, 0) is 49.6 Å². The summed E-state index contributed by atoms with van der Waals surface area (Å²) in [7, 11) is -0.560. The van der Waals surface area contributed by atoms with Crippen LogP contribution in [0, 0.1) is 6.92 Å². The molecule has 1 amide bonds. The van der Waals surface area contributed by atoms with Crippen molar-refractivity contribution in [2.45, 2.75) is 45.7 Å². The van der Waals surface area contributed by atoms with Gasteiger partial charge in [0.05, 0.1) is 32.2 Å². The number of nitrogens with one attached hydrogen (secondary N) is 1. The molecule has 0 aliphatic carbocycles. The Morgan fingerprint density at radius 3 is 2.10 bits per heavy atom. The third-order valence-electron chi connectivity index (χ3n) is 5.15. The molecule has 7 nitrogen and oxygen atoms in total. The SMILES string of the molecule is CC[C@H](NC(=O)[C@@H](CC)N(c1ccc(C)cc1)S(C)(=O)=O)c1ccc(OC)c(OC)c1. The topological polar surface area (TPSA) is 84.9 Å². The summed E-state index contributed by atoms with van der Waals surface area (Å²) in [6.07, 6.45) is 2.07. The summed E-state index contributed by atoms with van der Waals surface area (Å²) in [6.45, 7) is 5.68. The highest BCUT2D eigenvalue weighted by Gasteiger charge is 2.32. The van der Waals surface area contributed by atoms with Crippen LogP contribution in [0.5, 0.6) is 11.5 Å². The van der Waals surface area contributed by atoms with E-state index in [4.69, 9.17) is 9.47 Å². The average molecular weight is 449 g/mol. The average Bonchev–Trinajstić information content (AvgIpc) is 2.75. The lowest BCUT2D eigenvalue weighted by atomic mass is 10.0. The number of carbonyl (C=O) groups is 1. The third-order valence-corrected chi connectivity index (χ3v) is 6.33. The lowest BCUT2D eigenvalue weighted by Gasteiger charge is -2.31. The zero-order valence-corrected chi connectivity index (χ0v) is 19.8. The summed E-state index contributed by atoms with van der Waals surface area (Å²) in [6, 6.07) is 11.4. The van der Waals surface area contributed by atoms with Gasteiger partial charge in [0, 0.05) is 0 Å². The molecule has 2 atom stereocenters. The number of carbonyl (C=O) groups excluding carboxylic acids is 1. The molecule has 0 spiro atoms. The molecule has 170 valence electrons.